The zero-order valence-corrected chi connectivity index (χ0v) is 12.5. The lowest BCUT2D eigenvalue weighted by Gasteiger charge is -2.24. The van der Waals surface area contributed by atoms with Crippen LogP contribution in [-0.2, 0) is 6.54 Å². The first-order chi connectivity index (χ1) is 8.20. The summed E-state index contributed by atoms with van der Waals surface area (Å²) in [6, 6.07) is 3.65. The molecule has 0 heterocycles. The normalized spacial score (nSPS) is 16.2. The van der Waals surface area contributed by atoms with Crippen molar-refractivity contribution in [2.24, 2.45) is 5.73 Å². The number of halogens is 3. The largest absolute Gasteiger partial charge is 0.487 e. The third-order valence-electron chi connectivity index (χ3n) is 3.13. The van der Waals surface area contributed by atoms with Gasteiger partial charge >= 0.3 is 0 Å². The Hall–Kier alpha value is -0.150. The Morgan fingerprint density at radius 3 is 2.17 bits per heavy atom. The lowest BCUT2D eigenvalue weighted by Crippen LogP contribution is -2.20. The van der Waals surface area contributed by atoms with Crippen LogP contribution in [-0.4, -0.2) is 6.10 Å². The molecule has 1 aliphatic carbocycles. The second-order valence-corrected chi connectivity index (χ2v) is 5.28. The van der Waals surface area contributed by atoms with Crippen molar-refractivity contribution in [3.8, 4) is 5.75 Å². The third kappa shape index (κ3) is 3.92. The summed E-state index contributed by atoms with van der Waals surface area (Å²) < 4.78 is 5.91. The highest BCUT2D eigenvalue weighted by Crippen LogP contribution is 2.36. The molecule has 0 aliphatic heterocycles. The van der Waals surface area contributed by atoms with E-state index >= 15 is 0 Å². The van der Waals surface area contributed by atoms with Crippen molar-refractivity contribution in [3.63, 3.8) is 0 Å². The fourth-order valence-electron chi connectivity index (χ4n) is 2.19. The molecule has 0 unspecified atom stereocenters. The van der Waals surface area contributed by atoms with Gasteiger partial charge in [0, 0.05) is 6.54 Å². The van der Waals surface area contributed by atoms with Crippen LogP contribution in [0.3, 0.4) is 0 Å². The van der Waals surface area contributed by atoms with Crippen LogP contribution in [0.25, 0.3) is 0 Å². The minimum absolute atomic E-state index is 0. The molecule has 0 radical (unpaired) electrons. The summed E-state index contributed by atoms with van der Waals surface area (Å²) in [7, 11) is 0. The van der Waals surface area contributed by atoms with Crippen molar-refractivity contribution in [2.45, 2.75) is 44.8 Å². The topological polar surface area (TPSA) is 35.2 Å². The molecule has 0 bridgehead atoms. The molecule has 18 heavy (non-hydrogen) atoms. The van der Waals surface area contributed by atoms with Gasteiger partial charge in [-0.3, -0.25) is 0 Å². The quantitative estimate of drug-likeness (QED) is 0.886. The van der Waals surface area contributed by atoms with Gasteiger partial charge in [0.05, 0.1) is 16.1 Å². The molecule has 2 N–H and O–H groups in total. The van der Waals surface area contributed by atoms with E-state index in [-0.39, 0.29) is 18.5 Å². The second-order valence-electron chi connectivity index (χ2n) is 4.47. The number of ether oxygens (including phenoxy) is 1. The number of nitrogens with two attached hydrogens (primary N) is 1. The Labute approximate surface area is 124 Å². The summed E-state index contributed by atoms with van der Waals surface area (Å²) in [5.74, 6) is 0.609. The molecule has 0 amide bonds. The summed E-state index contributed by atoms with van der Waals surface area (Å²) in [6.07, 6.45) is 6.17. The monoisotopic (exact) mass is 309 g/mol. The fourth-order valence-corrected chi connectivity index (χ4v) is 2.81. The van der Waals surface area contributed by atoms with E-state index in [1.807, 2.05) is 12.1 Å². The lowest BCUT2D eigenvalue weighted by atomic mass is 9.98. The molecular weight excluding hydrogens is 293 g/mol. The maximum absolute atomic E-state index is 6.17. The van der Waals surface area contributed by atoms with E-state index in [0.717, 1.165) is 18.4 Å². The molecule has 0 aromatic heterocycles. The van der Waals surface area contributed by atoms with E-state index in [1.54, 1.807) is 0 Å². The molecule has 1 aliphatic rings. The standard InChI is InChI=1S/C13H17Cl2NO.ClH/c14-11-6-9(8-16)7-12(15)13(11)17-10-4-2-1-3-5-10;/h6-7,10H,1-5,8,16H2;1H. The smallest absolute Gasteiger partial charge is 0.156 e. The van der Waals surface area contributed by atoms with Crippen molar-refractivity contribution < 1.29 is 4.74 Å². The Balaban J connectivity index is 0.00000162. The van der Waals surface area contributed by atoms with Crippen molar-refractivity contribution in [3.05, 3.63) is 27.7 Å². The van der Waals surface area contributed by atoms with Gasteiger partial charge in [0.1, 0.15) is 0 Å². The minimum atomic E-state index is 0. The Morgan fingerprint density at radius 1 is 1.11 bits per heavy atom. The van der Waals surface area contributed by atoms with Crippen LogP contribution in [0.2, 0.25) is 10.0 Å². The molecule has 0 spiro atoms. The van der Waals surface area contributed by atoms with Gasteiger partial charge in [0.25, 0.3) is 0 Å². The first-order valence-corrected chi connectivity index (χ1v) is 6.81. The van der Waals surface area contributed by atoms with E-state index in [9.17, 15) is 0 Å². The van der Waals surface area contributed by atoms with E-state index < -0.39 is 0 Å². The zero-order valence-electron chi connectivity index (χ0n) is 10.1. The second kappa shape index (κ2) is 7.44. The van der Waals surface area contributed by atoms with Gasteiger partial charge in [-0.25, -0.2) is 0 Å². The highest BCUT2D eigenvalue weighted by Gasteiger charge is 2.18. The van der Waals surface area contributed by atoms with Crippen LogP contribution in [0, 0.1) is 0 Å². The average molecular weight is 311 g/mol. The molecule has 1 aromatic rings. The summed E-state index contributed by atoms with van der Waals surface area (Å²) >= 11 is 12.3. The van der Waals surface area contributed by atoms with Crippen LogP contribution in [0.5, 0.6) is 5.75 Å². The van der Waals surface area contributed by atoms with Crippen molar-refractivity contribution in [1.82, 2.24) is 0 Å². The van der Waals surface area contributed by atoms with Gasteiger partial charge in [-0.15, -0.1) is 12.4 Å². The summed E-state index contributed by atoms with van der Waals surface area (Å²) in [5, 5.41) is 1.12. The number of rotatable bonds is 3. The predicted molar refractivity (Wildman–Crippen MR) is 79.1 cm³/mol. The van der Waals surface area contributed by atoms with Crippen molar-refractivity contribution >= 4 is 35.6 Å². The molecule has 2 rings (SSSR count). The summed E-state index contributed by atoms with van der Waals surface area (Å²) in [6.45, 7) is 0.434. The number of hydrogen-bond acceptors (Lipinski definition) is 2. The van der Waals surface area contributed by atoms with Gasteiger partial charge < -0.3 is 10.5 Å². The van der Waals surface area contributed by atoms with Crippen LogP contribution < -0.4 is 10.5 Å². The van der Waals surface area contributed by atoms with Crippen molar-refractivity contribution in [2.75, 3.05) is 0 Å². The highest BCUT2D eigenvalue weighted by molar-refractivity contribution is 6.37. The molecule has 1 saturated carbocycles. The molecule has 2 nitrogen and oxygen atoms in total. The molecule has 1 fully saturated rings. The lowest BCUT2D eigenvalue weighted by molar-refractivity contribution is 0.155. The number of benzene rings is 1. The molecule has 0 saturated heterocycles. The predicted octanol–water partition coefficient (Wildman–Crippen LogP) is 4.59. The Morgan fingerprint density at radius 2 is 1.67 bits per heavy atom. The average Bonchev–Trinajstić information content (AvgIpc) is 2.35. The van der Waals surface area contributed by atoms with E-state index in [0.29, 0.717) is 22.3 Å². The van der Waals surface area contributed by atoms with Crippen LogP contribution in [0.4, 0.5) is 0 Å². The maximum atomic E-state index is 6.17. The zero-order chi connectivity index (χ0) is 12.3. The van der Waals surface area contributed by atoms with Gasteiger partial charge in [-0.1, -0.05) is 29.6 Å². The van der Waals surface area contributed by atoms with Crippen molar-refractivity contribution in [1.29, 1.82) is 0 Å². The SMILES string of the molecule is Cl.NCc1cc(Cl)c(OC2CCCCC2)c(Cl)c1. The van der Waals surface area contributed by atoms with Gasteiger partial charge in [-0.2, -0.15) is 0 Å². The molecule has 1 aromatic carbocycles. The molecule has 102 valence electrons. The van der Waals surface area contributed by atoms with Crippen LogP contribution >= 0.6 is 35.6 Å². The number of hydrogen-bond donors (Lipinski definition) is 1. The molecule has 0 atom stereocenters. The van der Waals surface area contributed by atoms with E-state index in [2.05, 4.69) is 0 Å². The Bertz CT molecular complexity index is 369. The van der Waals surface area contributed by atoms with Gasteiger partial charge in [0.2, 0.25) is 0 Å². The minimum Gasteiger partial charge on any atom is -0.487 e. The van der Waals surface area contributed by atoms with Crippen LogP contribution in [0.15, 0.2) is 12.1 Å². The summed E-state index contributed by atoms with van der Waals surface area (Å²) in [4.78, 5) is 0. The third-order valence-corrected chi connectivity index (χ3v) is 3.69. The molecular formula is C13H18Cl3NO. The fraction of sp³-hybridized carbons (Fsp3) is 0.538. The maximum Gasteiger partial charge on any atom is 0.156 e. The van der Waals surface area contributed by atoms with Gasteiger partial charge in [-0.05, 0) is 43.4 Å². The first-order valence-electron chi connectivity index (χ1n) is 6.05. The van der Waals surface area contributed by atoms with Crippen LogP contribution in [0.1, 0.15) is 37.7 Å². The van der Waals surface area contributed by atoms with E-state index in [1.165, 1.54) is 19.3 Å². The van der Waals surface area contributed by atoms with Gasteiger partial charge in [0.15, 0.2) is 5.75 Å². The Kier molecular flexibility index (Phi) is 6.58. The highest BCUT2D eigenvalue weighted by atomic mass is 35.5. The summed E-state index contributed by atoms with van der Waals surface area (Å²) in [5.41, 5.74) is 6.49. The first kappa shape index (κ1) is 15.9. The van der Waals surface area contributed by atoms with E-state index in [4.69, 9.17) is 33.7 Å². The molecule has 5 heteroatoms.